The lowest BCUT2D eigenvalue weighted by atomic mass is 9.92. The van der Waals surface area contributed by atoms with E-state index in [1.54, 1.807) is 11.3 Å². The summed E-state index contributed by atoms with van der Waals surface area (Å²) in [6.45, 7) is 3.10. The Hall–Kier alpha value is -1.45. The van der Waals surface area contributed by atoms with Crippen molar-refractivity contribution < 1.29 is 4.79 Å². The highest BCUT2D eigenvalue weighted by molar-refractivity contribution is 7.12. The van der Waals surface area contributed by atoms with Crippen molar-refractivity contribution >= 4 is 17.1 Å². The van der Waals surface area contributed by atoms with Crippen LogP contribution in [-0.4, -0.2) is 30.3 Å². The molecular formula is C18H21NOS. The van der Waals surface area contributed by atoms with Crippen LogP contribution in [0.3, 0.4) is 0 Å². The lowest BCUT2D eigenvalue weighted by Crippen LogP contribution is -2.39. The third-order valence-corrected chi connectivity index (χ3v) is 5.08. The number of ketones is 1. The van der Waals surface area contributed by atoms with Gasteiger partial charge in [0, 0.05) is 19.0 Å². The van der Waals surface area contributed by atoms with Crippen LogP contribution in [0.2, 0.25) is 0 Å². The fourth-order valence-electron chi connectivity index (χ4n) is 3.02. The molecule has 0 saturated carbocycles. The van der Waals surface area contributed by atoms with Gasteiger partial charge in [-0.25, -0.2) is 0 Å². The summed E-state index contributed by atoms with van der Waals surface area (Å²) in [5.74, 6) is 0.530. The van der Waals surface area contributed by atoms with E-state index in [4.69, 9.17) is 0 Å². The Morgan fingerprint density at radius 2 is 2.05 bits per heavy atom. The van der Waals surface area contributed by atoms with Gasteiger partial charge in [0.15, 0.2) is 5.78 Å². The SMILES string of the molecule is O=C(c1cccs1)C1CCCN(CCc2ccccc2)C1. The van der Waals surface area contributed by atoms with Gasteiger partial charge in [-0.2, -0.15) is 0 Å². The number of rotatable bonds is 5. The second-order valence-electron chi connectivity index (χ2n) is 5.72. The van der Waals surface area contributed by atoms with Crippen LogP contribution in [0, 0.1) is 5.92 Å². The quantitative estimate of drug-likeness (QED) is 0.781. The molecule has 2 heterocycles. The first-order valence-electron chi connectivity index (χ1n) is 7.67. The standard InChI is InChI=1S/C18H21NOS/c20-18(17-9-5-13-21-17)16-8-4-11-19(14-16)12-10-15-6-2-1-3-7-15/h1-3,5-7,9,13,16H,4,8,10-12,14H2. The van der Waals surface area contributed by atoms with E-state index >= 15 is 0 Å². The maximum atomic E-state index is 12.5. The summed E-state index contributed by atoms with van der Waals surface area (Å²) >= 11 is 1.57. The average molecular weight is 299 g/mol. The number of Topliss-reactive ketones (excluding diaryl/α,β-unsaturated/α-hetero) is 1. The second kappa shape index (κ2) is 7.01. The van der Waals surface area contributed by atoms with Crippen molar-refractivity contribution in [1.82, 2.24) is 4.90 Å². The topological polar surface area (TPSA) is 20.3 Å². The number of hydrogen-bond acceptors (Lipinski definition) is 3. The smallest absolute Gasteiger partial charge is 0.177 e. The molecule has 0 amide bonds. The molecule has 1 atom stereocenters. The van der Waals surface area contributed by atoms with E-state index in [0.717, 1.165) is 43.8 Å². The number of carbonyl (C=O) groups excluding carboxylic acids is 1. The minimum atomic E-state index is 0.188. The lowest BCUT2D eigenvalue weighted by molar-refractivity contribution is 0.0825. The summed E-state index contributed by atoms with van der Waals surface area (Å²) in [6.07, 6.45) is 3.25. The van der Waals surface area contributed by atoms with Crippen LogP contribution in [-0.2, 0) is 6.42 Å². The summed E-state index contributed by atoms with van der Waals surface area (Å²) in [6, 6.07) is 14.5. The van der Waals surface area contributed by atoms with Crippen molar-refractivity contribution in [1.29, 1.82) is 0 Å². The molecule has 0 aliphatic carbocycles. The fourth-order valence-corrected chi connectivity index (χ4v) is 3.77. The zero-order valence-electron chi connectivity index (χ0n) is 12.2. The van der Waals surface area contributed by atoms with Gasteiger partial charge in [0.1, 0.15) is 0 Å². The summed E-state index contributed by atoms with van der Waals surface area (Å²) in [5.41, 5.74) is 1.38. The van der Waals surface area contributed by atoms with Crippen LogP contribution in [0.4, 0.5) is 0 Å². The van der Waals surface area contributed by atoms with Crippen molar-refractivity contribution in [2.24, 2.45) is 5.92 Å². The van der Waals surface area contributed by atoms with E-state index in [1.807, 2.05) is 17.5 Å². The first kappa shape index (κ1) is 14.5. The average Bonchev–Trinajstić information content (AvgIpc) is 3.08. The summed E-state index contributed by atoms with van der Waals surface area (Å²) in [4.78, 5) is 15.8. The molecule has 1 aromatic heterocycles. The molecule has 1 unspecified atom stereocenters. The first-order valence-corrected chi connectivity index (χ1v) is 8.55. The van der Waals surface area contributed by atoms with Gasteiger partial charge in [-0.3, -0.25) is 4.79 Å². The number of thiophene rings is 1. The Bertz CT molecular complexity index is 564. The molecule has 1 saturated heterocycles. The minimum absolute atomic E-state index is 0.188. The highest BCUT2D eigenvalue weighted by Gasteiger charge is 2.26. The highest BCUT2D eigenvalue weighted by Crippen LogP contribution is 2.23. The molecule has 1 aliphatic heterocycles. The molecule has 21 heavy (non-hydrogen) atoms. The number of hydrogen-bond donors (Lipinski definition) is 0. The van der Waals surface area contributed by atoms with Crippen LogP contribution in [0.5, 0.6) is 0 Å². The molecule has 1 aromatic carbocycles. The van der Waals surface area contributed by atoms with Crippen LogP contribution < -0.4 is 0 Å². The van der Waals surface area contributed by atoms with Crippen LogP contribution in [0.15, 0.2) is 47.8 Å². The molecule has 1 aliphatic rings. The summed E-state index contributed by atoms with van der Waals surface area (Å²) in [7, 11) is 0. The van der Waals surface area contributed by atoms with E-state index in [2.05, 4.69) is 35.2 Å². The fraction of sp³-hybridized carbons (Fsp3) is 0.389. The van der Waals surface area contributed by atoms with Gasteiger partial charge < -0.3 is 4.90 Å². The van der Waals surface area contributed by atoms with Gasteiger partial charge in [-0.15, -0.1) is 11.3 Å². The van der Waals surface area contributed by atoms with Crippen molar-refractivity contribution in [2.45, 2.75) is 19.3 Å². The molecule has 0 spiro atoms. The van der Waals surface area contributed by atoms with Crippen LogP contribution in [0.1, 0.15) is 28.1 Å². The molecule has 3 heteroatoms. The predicted octanol–water partition coefficient (Wildman–Crippen LogP) is 3.89. The summed E-state index contributed by atoms with van der Waals surface area (Å²) in [5, 5.41) is 1.99. The molecule has 110 valence electrons. The van der Waals surface area contributed by atoms with Crippen LogP contribution in [0.25, 0.3) is 0 Å². The van der Waals surface area contributed by atoms with Gasteiger partial charge in [-0.05, 0) is 42.8 Å². The molecule has 1 fully saturated rings. The Morgan fingerprint density at radius 3 is 2.81 bits per heavy atom. The van der Waals surface area contributed by atoms with Gasteiger partial charge in [-0.1, -0.05) is 36.4 Å². The van der Waals surface area contributed by atoms with Gasteiger partial charge in [0.25, 0.3) is 0 Å². The van der Waals surface area contributed by atoms with Crippen molar-refractivity contribution in [3.8, 4) is 0 Å². The first-order chi connectivity index (χ1) is 10.3. The van der Waals surface area contributed by atoms with Gasteiger partial charge >= 0.3 is 0 Å². The molecule has 0 N–H and O–H groups in total. The molecule has 0 radical (unpaired) electrons. The van der Waals surface area contributed by atoms with E-state index in [1.165, 1.54) is 5.56 Å². The molecular weight excluding hydrogens is 278 g/mol. The number of benzene rings is 1. The Morgan fingerprint density at radius 1 is 1.19 bits per heavy atom. The van der Waals surface area contributed by atoms with Gasteiger partial charge in [0.05, 0.1) is 4.88 Å². The highest BCUT2D eigenvalue weighted by atomic mass is 32.1. The van der Waals surface area contributed by atoms with Crippen molar-refractivity contribution in [3.63, 3.8) is 0 Å². The van der Waals surface area contributed by atoms with Crippen LogP contribution >= 0.6 is 11.3 Å². The van der Waals surface area contributed by atoms with E-state index in [0.29, 0.717) is 5.78 Å². The number of nitrogens with zero attached hydrogens (tertiary/aromatic N) is 1. The normalized spacial score (nSPS) is 19.5. The molecule has 3 rings (SSSR count). The number of piperidine rings is 1. The molecule has 0 bridgehead atoms. The van der Waals surface area contributed by atoms with E-state index in [9.17, 15) is 4.79 Å². The minimum Gasteiger partial charge on any atom is -0.302 e. The Balaban J connectivity index is 1.55. The second-order valence-corrected chi connectivity index (χ2v) is 6.66. The zero-order valence-corrected chi connectivity index (χ0v) is 13.0. The lowest BCUT2D eigenvalue weighted by Gasteiger charge is -2.31. The molecule has 2 aromatic rings. The van der Waals surface area contributed by atoms with Crippen molar-refractivity contribution in [2.75, 3.05) is 19.6 Å². The zero-order chi connectivity index (χ0) is 14.5. The Kier molecular flexibility index (Phi) is 4.84. The third-order valence-electron chi connectivity index (χ3n) is 4.20. The monoisotopic (exact) mass is 299 g/mol. The maximum absolute atomic E-state index is 12.5. The number of likely N-dealkylation sites (tertiary alicyclic amines) is 1. The number of carbonyl (C=O) groups is 1. The van der Waals surface area contributed by atoms with E-state index < -0.39 is 0 Å². The predicted molar refractivity (Wildman–Crippen MR) is 88.0 cm³/mol. The molecule has 2 nitrogen and oxygen atoms in total. The van der Waals surface area contributed by atoms with Crippen molar-refractivity contribution in [3.05, 3.63) is 58.3 Å². The van der Waals surface area contributed by atoms with E-state index in [-0.39, 0.29) is 5.92 Å². The largest absolute Gasteiger partial charge is 0.302 e. The third kappa shape index (κ3) is 3.80. The summed E-state index contributed by atoms with van der Waals surface area (Å²) < 4.78 is 0. The maximum Gasteiger partial charge on any atom is 0.177 e. The van der Waals surface area contributed by atoms with Gasteiger partial charge in [0.2, 0.25) is 0 Å². The Labute approximate surface area is 130 Å².